The van der Waals surface area contributed by atoms with Crippen molar-refractivity contribution < 1.29 is 14.6 Å². The predicted molar refractivity (Wildman–Crippen MR) is 70.9 cm³/mol. The molecule has 0 fully saturated rings. The lowest BCUT2D eigenvalue weighted by Crippen LogP contribution is -2.29. The fourth-order valence-corrected chi connectivity index (χ4v) is 1.60. The first-order chi connectivity index (χ1) is 8.54. The van der Waals surface area contributed by atoms with Gasteiger partial charge < -0.3 is 15.2 Å². The number of halogens is 1. The highest BCUT2D eigenvalue weighted by Gasteiger charge is 2.08. The molecule has 18 heavy (non-hydrogen) atoms. The second-order valence-electron chi connectivity index (χ2n) is 4.00. The van der Waals surface area contributed by atoms with E-state index >= 15 is 0 Å². The average Bonchev–Trinajstić information content (AvgIpc) is 2.34. The Kier molecular flexibility index (Phi) is 5.95. The van der Waals surface area contributed by atoms with E-state index < -0.39 is 6.10 Å². The van der Waals surface area contributed by atoms with E-state index in [4.69, 9.17) is 16.3 Å². The lowest BCUT2D eigenvalue weighted by molar-refractivity contribution is -0.123. The van der Waals surface area contributed by atoms with Crippen molar-refractivity contribution in [2.45, 2.75) is 26.4 Å². The van der Waals surface area contributed by atoms with Crippen LogP contribution in [0.4, 0.5) is 0 Å². The van der Waals surface area contributed by atoms with Gasteiger partial charge in [0.1, 0.15) is 5.75 Å². The predicted octanol–water partition coefficient (Wildman–Crippen LogP) is 2.30. The van der Waals surface area contributed by atoms with E-state index in [1.807, 2.05) is 6.92 Å². The molecule has 1 aromatic rings. The molecular formula is C13H18ClNO3. The summed E-state index contributed by atoms with van der Waals surface area (Å²) >= 11 is 5.99. The molecule has 0 aliphatic rings. The van der Waals surface area contributed by atoms with Crippen LogP contribution < -0.4 is 10.1 Å². The van der Waals surface area contributed by atoms with Gasteiger partial charge >= 0.3 is 0 Å². The molecule has 0 bridgehead atoms. The second kappa shape index (κ2) is 7.24. The first kappa shape index (κ1) is 14.8. The third kappa shape index (κ3) is 4.55. The van der Waals surface area contributed by atoms with Gasteiger partial charge in [-0.2, -0.15) is 0 Å². The van der Waals surface area contributed by atoms with Crippen LogP contribution in [0.1, 0.15) is 31.9 Å². The van der Waals surface area contributed by atoms with Crippen molar-refractivity contribution >= 4 is 17.5 Å². The Hall–Kier alpha value is -1.26. The number of aliphatic hydroxyl groups is 1. The fourth-order valence-electron chi connectivity index (χ4n) is 1.35. The molecule has 0 heterocycles. The summed E-state index contributed by atoms with van der Waals surface area (Å²) in [4.78, 5) is 11.3. The maximum atomic E-state index is 11.3. The monoisotopic (exact) mass is 271 g/mol. The zero-order valence-corrected chi connectivity index (χ0v) is 11.3. The summed E-state index contributed by atoms with van der Waals surface area (Å²) in [6, 6.07) is 5.00. The molecule has 1 rings (SSSR count). The molecule has 0 saturated carbocycles. The maximum Gasteiger partial charge on any atom is 0.257 e. The van der Waals surface area contributed by atoms with Gasteiger partial charge in [0, 0.05) is 6.54 Å². The van der Waals surface area contributed by atoms with Gasteiger partial charge in [-0.25, -0.2) is 0 Å². The van der Waals surface area contributed by atoms with Crippen LogP contribution in [-0.2, 0) is 4.79 Å². The number of hydrogen-bond acceptors (Lipinski definition) is 3. The number of carbonyl (C=O) groups excluding carboxylic acids is 1. The highest BCUT2D eigenvalue weighted by molar-refractivity contribution is 6.32. The summed E-state index contributed by atoms with van der Waals surface area (Å²) in [5.74, 6) is 0.264. The molecule has 5 heteroatoms. The topological polar surface area (TPSA) is 58.6 Å². The van der Waals surface area contributed by atoms with Crippen molar-refractivity contribution in [2.75, 3.05) is 13.2 Å². The van der Waals surface area contributed by atoms with Gasteiger partial charge in [-0.15, -0.1) is 0 Å². The summed E-state index contributed by atoms with van der Waals surface area (Å²) in [5, 5.41) is 12.5. The molecule has 1 aromatic carbocycles. The van der Waals surface area contributed by atoms with E-state index in [0.717, 1.165) is 6.42 Å². The molecule has 0 aliphatic carbocycles. The Bertz CT molecular complexity index is 407. The Labute approximate surface area is 112 Å². The first-order valence-corrected chi connectivity index (χ1v) is 6.29. The van der Waals surface area contributed by atoms with Crippen molar-refractivity contribution in [3.63, 3.8) is 0 Å². The maximum absolute atomic E-state index is 11.3. The van der Waals surface area contributed by atoms with Crippen molar-refractivity contribution in [1.29, 1.82) is 0 Å². The number of nitrogens with one attached hydrogen (secondary N) is 1. The van der Waals surface area contributed by atoms with Crippen LogP contribution in [0.15, 0.2) is 18.2 Å². The van der Waals surface area contributed by atoms with E-state index in [9.17, 15) is 9.90 Å². The molecule has 0 radical (unpaired) electrons. The van der Waals surface area contributed by atoms with Crippen LogP contribution in [0.2, 0.25) is 5.02 Å². The van der Waals surface area contributed by atoms with Crippen LogP contribution >= 0.6 is 11.6 Å². The van der Waals surface area contributed by atoms with Gasteiger partial charge in [-0.1, -0.05) is 24.6 Å². The zero-order valence-electron chi connectivity index (χ0n) is 10.6. The molecule has 1 amide bonds. The average molecular weight is 272 g/mol. The molecule has 0 saturated heterocycles. The van der Waals surface area contributed by atoms with Gasteiger partial charge in [0.25, 0.3) is 5.91 Å². The number of rotatable bonds is 6. The summed E-state index contributed by atoms with van der Waals surface area (Å²) < 4.78 is 5.30. The van der Waals surface area contributed by atoms with Crippen LogP contribution in [0.3, 0.4) is 0 Å². The number of aliphatic hydroxyl groups excluding tert-OH is 1. The van der Waals surface area contributed by atoms with Crippen molar-refractivity contribution in [3.05, 3.63) is 28.8 Å². The van der Waals surface area contributed by atoms with E-state index in [2.05, 4.69) is 5.32 Å². The van der Waals surface area contributed by atoms with Crippen molar-refractivity contribution in [1.82, 2.24) is 5.32 Å². The lowest BCUT2D eigenvalue weighted by atomic mass is 10.1. The van der Waals surface area contributed by atoms with Crippen molar-refractivity contribution in [3.8, 4) is 5.75 Å². The summed E-state index contributed by atoms with van der Waals surface area (Å²) in [6.07, 6.45) is 0.305. The summed E-state index contributed by atoms with van der Waals surface area (Å²) in [6.45, 7) is 4.21. The Morgan fingerprint density at radius 1 is 1.56 bits per heavy atom. The second-order valence-corrected chi connectivity index (χ2v) is 4.41. The SMILES string of the molecule is CCCNC(=O)COc1ccc(C(C)O)cc1Cl. The normalized spacial score (nSPS) is 12.0. The standard InChI is InChI=1S/C13H18ClNO3/c1-3-6-15-13(17)8-18-12-5-4-10(9(2)16)7-11(12)14/h4-5,7,9,16H,3,6,8H2,1-2H3,(H,15,17). The van der Waals surface area contributed by atoms with Crippen molar-refractivity contribution in [2.24, 2.45) is 0 Å². The zero-order chi connectivity index (χ0) is 13.5. The molecule has 1 atom stereocenters. The molecule has 0 aromatic heterocycles. The molecule has 100 valence electrons. The van der Waals surface area contributed by atoms with Crippen LogP contribution in [0.25, 0.3) is 0 Å². The van der Waals surface area contributed by atoms with Gasteiger partial charge in [0.05, 0.1) is 11.1 Å². The van der Waals surface area contributed by atoms with Crippen LogP contribution in [0, 0.1) is 0 Å². The smallest absolute Gasteiger partial charge is 0.257 e. The van der Waals surface area contributed by atoms with Gasteiger partial charge in [-0.05, 0) is 31.0 Å². The minimum absolute atomic E-state index is 0.0618. The number of ether oxygens (including phenoxy) is 1. The molecular weight excluding hydrogens is 254 g/mol. The van der Waals surface area contributed by atoms with E-state index in [0.29, 0.717) is 22.9 Å². The Morgan fingerprint density at radius 2 is 2.28 bits per heavy atom. The molecule has 4 nitrogen and oxygen atoms in total. The van der Waals surface area contributed by atoms with Crippen LogP contribution in [-0.4, -0.2) is 24.2 Å². The lowest BCUT2D eigenvalue weighted by Gasteiger charge is -2.10. The van der Waals surface area contributed by atoms with E-state index in [1.54, 1.807) is 25.1 Å². The summed E-state index contributed by atoms with van der Waals surface area (Å²) in [7, 11) is 0. The molecule has 1 unspecified atom stereocenters. The van der Waals surface area contributed by atoms with E-state index in [-0.39, 0.29) is 12.5 Å². The first-order valence-electron chi connectivity index (χ1n) is 5.91. The van der Waals surface area contributed by atoms with Gasteiger partial charge in [0.15, 0.2) is 6.61 Å². The van der Waals surface area contributed by atoms with Gasteiger partial charge in [-0.3, -0.25) is 4.79 Å². The number of benzene rings is 1. The number of carbonyl (C=O) groups is 1. The molecule has 2 N–H and O–H groups in total. The molecule has 0 spiro atoms. The Balaban J connectivity index is 2.55. The van der Waals surface area contributed by atoms with Gasteiger partial charge in [0.2, 0.25) is 0 Å². The highest BCUT2D eigenvalue weighted by atomic mass is 35.5. The largest absolute Gasteiger partial charge is 0.482 e. The fraction of sp³-hybridized carbons (Fsp3) is 0.462. The minimum atomic E-state index is -0.579. The third-order valence-corrected chi connectivity index (χ3v) is 2.66. The highest BCUT2D eigenvalue weighted by Crippen LogP contribution is 2.27. The third-order valence-electron chi connectivity index (χ3n) is 2.37. The van der Waals surface area contributed by atoms with E-state index in [1.165, 1.54) is 0 Å². The quantitative estimate of drug-likeness (QED) is 0.835. The molecule has 0 aliphatic heterocycles. The number of hydrogen-bond donors (Lipinski definition) is 2. The number of amides is 1. The minimum Gasteiger partial charge on any atom is -0.482 e. The summed E-state index contributed by atoms with van der Waals surface area (Å²) in [5.41, 5.74) is 0.711. The van der Waals surface area contributed by atoms with Crippen LogP contribution in [0.5, 0.6) is 5.75 Å². The Morgan fingerprint density at radius 3 is 2.83 bits per heavy atom.